The van der Waals surface area contributed by atoms with Gasteiger partial charge in [-0.1, -0.05) is 46.3 Å². The molecule has 0 atom stereocenters. The first kappa shape index (κ1) is 17.4. The number of amides is 3. The summed E-state index contributed by atoms with van der Waals surface area (Å²) >= 11 is 3.30. The number of carbonyl (C=O) groups is 3. The Labute approximate surface area is 154 Å². The maximum Gasteiger partial charge on any atom is 0.261 e. The van der Waals surface area contributed by atoms with Crippen LogP contribution in [0.3, 0.4) is 0 Å². The molecule has 5 nitrogen and oxygen atoms in total. The van der Waals surface area contributed by atoms with Crippen LogP contribution < -0.4 is 5.32 Å². The van der Waals surface area contributed by atoms with Gasteiger partial charge in [0.15, 0.2) is 0 Å². The molecular weight excluding hydrogens is 384 g/mol. The molecule has 2 aromatic carbocycles. The number of rotatable bonds is 6. The Kier molecular flexibility index (Phi) is 5.28. The van der Waals surface area contributed by atoms with E-state index in [1.165, 1.54) is 0 Å². The van der Waals surface area contributed by atoms with Crippen molar-refractivity contribution >= 4 is 33.7 Å². The molecule has 0 aromatic heterocycles. The fraction of sp³-hybridized carbons (Fsp3) is 0.211. The summed E-state index contributed by atoms with van der Waals surface area (Å²) < 4.78 is 0.743. The number of nitrogens with one attached hydrogen (secondary N) is 1. The second-order valence-corrected chi connectivity index (χ2v) is 6.70. The molecule has 1 aliphatic heterocycles. The van der Waals surface area contributed by atoms with Crippen LogP contribution in [0.2, 0.25) is 0 Å². The monoisotopic (exact) mass is 400 g/mol. The van der Waals surface area contributed by atoms with Gasteiger partial charge in [0.2, 0.25) is 5.91 Å². The fourth-order valence-corrected chi connectivity index (χ4v) is 3.12. The highest BCUT2D eigenvalue weighted by atomic mass is 79.9. The zero-order valence-electron chi connectivity index (χ0n) is 13.5. The normalized spacial score (nSPS) is 13.1. The number of carbonyl (C=O) groups excluding carboxylic acids is 3. The van der Waals surface area contributed by atoms with E-state index >= 15 is 0 Å². The van der Waals surface area contributed by atoms with Crippen LogP contribution in [-0.4, -0.2) is 35.7 Å². The van der Waals surface area contributed by atoms with Crippen LogP contribution in [0.1, 0.15) is 32.7 Å². The number of hydrogen-bond donors (Lipinski definition) is 1. The second kappa shape index (κ2) is 7.61. The molecule has 1 aliphatic rings. The van der Waals surface area contributed by atoms with Crippen LogP contribution in [0.15, 0.2) is 53.0 Å². The van der Waals surface area contributed by atoms with Crippen molar-refractivity contribution in [1.29, 1.82) is 0 Å². The summed E-state index contributed by atoms with van der Waals surface area (Å²) in [6.45, 7) is 0.610. The van der Waals surface area contributed by atoms with E-state index in [1.54, 1.807) is 18.2 Å². The van der Waals surface area contributed by atoms with E-state index < -0.39 is 0 Å². The standard InChI is InChI=1S/C19H17BrN2O3/c20-14-6-7-15-16(12-14)19(25)22(18(15)24)11-9-17(23)21-10-8-13-4-2-1-3-5-13/h1-7,12H,8-11H2,(H,21,23). The molecule has 1 N–H and O–H groups in total. The van der Waals surface area contributed by atoms with Crippen molar-refractivity contribution in [3.8, 4) is 0 Å². The molecule has 0 fully saturated rings. The Morgan fingerprint density at radius 1 is 1.00 bits per heavy atom. The summed E-state index contributed by atoms with van der Waals surface area (Å²) in [4.78, 5) is 37.7. The third-order valence-corrected chi connectivity index (χ3v) is 4.57. The van der Waals surface area contributed by atoms with Crippen LogP contribution >= 0.6 is 15.9 Å². The van der Waals surface area contributed by atoms with Gasteiger partial charge in [0, 0.05) is 24.0 Å². The van der Waals surface area contributed by atoms with Crippen molar-refractivity contribution < 1.29 is 14.4 Å². The first-order valence-corrected chi connectivity index (χ1v) is 8.82. The van der Waals surface area contributed by atoms with Crippen molar-refractivity contribution in [2.45, 2.75) is 12.8 Å². The Bertz CT molecular complexity index is 821. The smallest absolute Gasteiger partial charge is 0.261 e. The lowest BCUT2D eigenvalue weighted by Crippen LogP contribution is -2.35. The van der Waals surface area contributed by atoms with Gasteiger partial charge in [-0.25, -0.2) is 0 Å². The number of hydrogen-bond acceptors (Lipinski definition) is 3. The molecule has 6 heteroatoms. The van der Waals surface area contributed by atoms with Crippen molar-refractivity contribution in [1.82, 2.24) is 10.2 Å². The van der Waals surface area contributed by atoms with E-state index in [-0.39, 0.29) is 30.7 Å². The average molecular weight is 401 g/mol. The molecule has 0 aliphatic carbocycles. The minimum Gasteiger partial charge on any atom is -0.356 e. The Morgan fingerprint density at radius 3 is 2.48 bits per heavy atom. The van der Waals surface area contributed by atoms with Gasteiger partial charge < -0.3 is 5.32 Å². The van der Waals surface area contributed by atoms with E-state index in [4.69, 9.17) is 0 Å². The summed E-state index contributed by atoms with van der Waals surface area (Å²) in [5, 5.41) is 2.82. The minimum atomic E-state index is -0.349. The first-order valence-electron chi connectivity index (χ1n) is 8.02. The van der Waals surface area contributed by atoms with E-state index in [0.29, 0.717) is 17.7 Å². The Balaban J connectivity index is 1.49. The fourth-order valence-electron chi connectivity index (χ4n) is 2.76. The van der Waals surface area contributed by atoms with E-state index in [0.717, 1.165) is 21.4 Å². The Morgan fingerprint density at radius 2 is 1.72 bits per heavy atom. The summed E-state index contributed by atoms with van der Waals surface area (Å²) in [5.41, 5.74) is 1.91. The molecule has 25 heavy (non-hydrogen) atoms. The van der Waals surface area contributed by atoms with Crippen LogP contribution in [-0.2, 0) is 11.2 Å². The van der Waals surface area contributed by atoms with Gasteiger partial charge in [-0.15, -0.1) is 0 Å². The zero-order valence-corrected chi connectivity index (χ0v) is 15.1. The number of nitrogens with zero attached hydrogens (tertiary/aromatic N) is 1. The minimum absolute atomic E-state index is 0.0845. The van der Waals surface area contributed by atoms with Gasteiger partial charge in [0.1, 0.15) is 0 Å². The lowest BCUT2D eigenvalue weighted by atomic mass is 10.1. The molecular formula is C19H17BrN2O3. The lowest BCUT2D eigenvalue weighted by molar-refractivity contribution is -0.121. The molecule has 128 valence electrons. The quantitative estimate of drug-likeness (QED) is 0.758. The molecule has 3 rings (SSSR count). The summed E-state index contributed by atoms with van der Waals surface area (Å²) in [7, 11) is 0. The van der Waals surface area contributed by atoms with Crippen molar-refractivity contribution in [3.05, 3.63) is 69.7 Å². The molecule has 0 saturated heterocycles. The molecule has 0 radical (unpaired) electrons. The lowest BCUT2D eigenvalue weighted by Gasteiger charge is -2.13. The maximum absolute atomic E-state index is 12.3. The SMILES string of the molecule is O=C(CCN1C(=O)c2ccc(Br)cc2C1=O)NCCc1ccccc1. The van der Waals surface area contributed by atoms with Crippen LogP contribution in [0.5, 0.6) is 0 Å². The third-order valence-electron chi connectivity index (χ3n) is 4.07. The molecule has 2 aromatic rings. The summed E-state index contributed by atoms with van der Waals surface area (Å²) in [6.07, 6.45) is 0.842. The van der Waals surface area contributed by atoms with Gasteiger partial charge in [-0.05, 0) is 30.2 Å². The zero-order chi connectivity index (χ0) is 17.8. The van der Waals surface area contributed by atoms with E-state index in [9.17, 15) is 14.4 Å². The number of halogens is 1. The number of imide groups is 1. The summed E-state index contributed by atoms with van der Waals surface area (Å²) in [6, 6.07) is 14.9. The van der Waals surface area contributed by atoms with Crippen molar-refractivity contribution in [2.24, 2.45) is 0 Å². The highest BCUT2D eigenvalue weighted by molar-refractivity contribution is 9.10. The molecule has 1 heterocycles. The van der Waals surface area contributed by atoms with Gasteiger partial charge in [-0.2, -0.15) is 0 Å². The van der Waals surface area contributed by atoms with Gasteiger partial charge in [0.05, 0.1) is 11.1 Å². The molecule has 0 unspecified atom stereocenters. The highest BCUT2D eigenvalue weighted by Crippen LogP contribution is 2.26. The number of fused-ring (bicyclic) bond motifs is 1. The molecule has 0 spiro atoms. The van der Waals surface area contributed by atoms with Crippen LogP contribution in [0.25, 0.3) is 0 Å². The predicted molar refractivity (Wildman–Crippen MR) is 97.3 cm³/mol. The number of benzene rings is 2. The molecule has 0 bridgehead atoms. The van der Waals surface area contributed by atoms with Crippen LogP contribution in [0.4, 0.5) is 0 Å². The largest absolute Gasteiger partial charge is 0.356 e. The Hall–Kier alpha value is -2.47. The maximum atomic E-state index is 12.3. The molecule has 3 amide bonds. The second-order valence-electron chi connectivity index (χ2n) is 5.79. The van der Waals surface area contributed by atoms with Crippen LogP contribution in [0, 0.1) is 0 Å². The highest BCUT2D eigenvalue weighted by Gasteiger charge is 2.35. The predicted octanol–water partition coefficient (Wildman–Crippen LogP) is 2.79. The average Bonchev–Trinajstić information content (AvgIpc) is 2.84. The van der Waals surface area contributed by atoms with Gasteiger partial charge >= 0.3 is 0 Å². The van der Waals surface area contributed by atoms with Gasteiger partial charge in [-0.3, -0.25) is 19.3 Å². The van der Waals surface area contributed by atoms with E-state index in [2.05, 4.69) is 21.2 Å². The first-order chi connectivity index (χ1) is 12.1. The van der Waals surface area contributed by atoms with E-state index in [1.807, 2.05) is 30.3 Å². The summed E-state index contributed by atoms with van der Waals surface area (Å²) in [5.74, 6) is -0.864. The topological polar surface area (TPSA) is 66.5 Å². The van der Waals surface area contributed by atoms with Gasteiger partial charge in [0.25, 0.3) is 11.8 Å². The molecule has 0 saturated carbocycles. The van der Waals surface area contributed by atoms with Crippen molar-refractivity contribution in [2.75, 3.05) is 13.1 Å². The van der Waals surface area contributed by atoms with Crippen molar-refractivity contribution in [3.63, 3.8) is 0 Å². The third kappa shape index (κ3) is 3.96.